The van der Waals surface area contributed by atoms with E-state index in [1.54, 1.807) is 4.57 Å². The number of para-hydroxylation sites is 1. The van der Waals surface area contributed by atoms with Crippen LogP contribution in [0.5, 0.6) is 0 Å². The van der Waals surface area contributed by atoms with Gasteiger partial charge in [-0.1, -0.05) is 18.2 Å². The Morgan fingerprint density at radius 1 is 1.21 bits per heavy atom. The van der Waals surface area contributed by atoms with Crippen molar-refractivity contribution in [3.8, 4) is 11.8 Å². The zero-order valence-electron chi connectivity index (χ0n) is 7.68. The lowest BCUT2D eigenvalue weighted by atomic mass is 10.3. The predicted octanol–water partition coefficient (Wildman–Crippen LogP) is 1.45. The molecule has 0 aliphatic heterocycles. The van der Waals surface area contributed by atoms with Crippen molar-refractivity contribution in [2.45, 2.75) is 6.92 Å². The molecule has 0 saturated heterocycles. The fraction of sp³-hybridized carbons (Fsp3) is 0.100. The van der Waals surface area contributed by atoms with Crippen LogP contribution >= 0.6 is 0 Å². The molecule has 0 aliphatic rings. The lowest BCUT2D eigenvalue weighted by Gasteiger charge is -2.03. The maximum absolute atomic E-state index is 8.82. The fourth-order valence-corrected chi connectivity index (χ4v) is 1.32. The van der Waals surface area contributed by atoms with Crippen LogP contribution in [-0.2, 0) is 0 Å². The molecule has 2 rings (SSSR count). The molecule has 0 radical (unpaired) electrons. The van der Waals surface area contributed by atoms with Gasteiger partial charge in [0.2, 0.25) is 5.82 Å². The van der Waals surface area contributed by atoms with Gasteiger partial charge in [-0.05, 0) is 19.1 Å². The number of aryl methyl sites for hydroxylation is 1. The first kappa shape index (κ1) is 8.45. The molecule has 0 unspecified atom stereocenters. The summed E-state index contributed by atoms with van der Waals surface area (Å²) in [4.78, 5) is 0. The van der Waals surface area contributed by atoms with Gasteiger partial charge >= 0.3 is 0 Å². The average Bonchev–Trinajstić information content (AvgIpc) is 2.61. The van der Waals surface area contributed by atoms with Gasteiger partial charge in [0, 0.05) is 5.69 Å². The number of nitriles is 1. The van der Waals surface area contributed by atoms with Crippen molar-refractivity contribution >= 4 is 0 Å². The van der Waals surface area contributed by atoms with Crippen molar-refractivity contribution in [1.82, 2.24) is 14.8 Å². The molecule has 14 heavy (non-hydrogen) atoms. The van der Waals surface area contributed by atoms with Gasteiger partial charge in [-0.25, -0.2) is 0 Å². The highest BCUT2D eigenvalue weighted by atomic mass is 15.3. The van der Waals surface area contributed by atoms with E-state index >= 15 is 0 Å². The average molecular weight is 184 g/mol. The van der Waals surface area contributed by atoms with Gasteiger partial charge in [0.15, 0.2) is 0 Å². The summed E-state index contributed by atoms with van der Waals surface area (Å²) in [5.74, 6) is 1.03. The minimum absolute atomic E-state index is 0.314. The van der Waals surface area contributed by atoms with Crippen LogP contribution in [0.3, 0.4) is 0 Å². The summed E-state index contributed by atoms with van der Waals surface area (Å²) in [5.41, 5.74) is 0.909. The zero-order chi connectivity index (χ0) is 9.97. The summed E-state index contributed by atoms with van der Waals surface area (Å²) in [6, 6.07) is 11.6. The molecule has 1 aromatic carbocycles. The molecule has 4 heteroatoms. The minimum Gasteiger partial charge on any atom is -0.271 e. The number of rotatable bonds is 1. The Kier molecular flexibility index (Phi) is 1.99. The second-order valence-electron chi connectivity index (χ2n) is 2.85. The summed E-state index contributed by atoms with van der Waals surface area (Å²) in [6.45, 7) is 1.82. The molecule has 4 nitrogen and oxygen atoms in total. The Hall–Kier alpha value is -2.15. The van der Waals surface area contributed by atoms with E-state index < -0.39 is 0 Å². The van der Waals surface area contributed by atoms with Crippen LogP contribution in [0.1, 0.15) is 11.6 Å². The molecule has 68 valence electrons. The van der Waals surface area contributed by atoms with Crippen LogP contribution < -0.4 is 0 Å². The van der Waals surface area contributed by atoms with Crippen LogP contribution in [0, 0.1) is 18.3 Å². The van der Waals surface area contributed by atoms with E-state index in [9.17, 15) is 0 Å². The summed E-state index contributed by atoms with van der Waals surface area (Å²) in [5, 5.41) is 16.4. The van der Waals surface area contributed by atoms with Gasteiger partial charge in [0.1, 0.15) is 11.9 Å². The second kappa shape index (κ2) is 3.30. The molecule has 0 N–H and O–H groups in total. The molecule has 2 aromatic rings. The first-order chi connectivity index (χ1) is 6.83. The normalized spacial score (nSPS) is 9.71. The number of hydrogen-bond acceptors (Lipinski definition) is 3. The number of nitrogens with zero attached hydrogens (tertiary/aromatic N) is 4. The molecule has 0 saturated carbocycles. The fourth-order valence-electron chi connectivity index (χ4n) is 1.32. The number of benzene rings is 1. The highest BCUT2D eigenvalue weighted by Crippen LogP contribution is 2.11. The van der Waals surface area contributed by atoms with Crippen LogP contribution in [0.2, 0.25) is 0 Å². The first-order valence-electron chi connectivity index (χ1n) is 4.20. The summed E-state index contributed by atoms with van der Waals surface area (Å²) >= 11 is 0. The van der Waals surface area contributed by atoms with Gasteiger partial charge in [0.05, 0.1) is 0 Å². The maximum Gasteiger partial charge on any atom is 0.239 e. The standard InChI is InChI=1S/C10H8N4/c1-8-12-13-10(7-11)14(8)9-5-3-2-4-6-9/h2-6H,1H3. The molecular weight excluding hydrogens is 176 g/mol. The Balaban J connectivity index is 2.63. The van der Waals surface area contributed by atoms with E-state index in [4.69, 9.17) is 5.26 Å². The lowest BCUT2D eigenvalue weighted by Crippen LogP contribution is -1.99. The predicted molar refractivity (Wildman–Crippen MR) is 50.8 cm³/mol. The molecule has 0 bridgehead atoms. The van der Waals surface area contributed by atoms with Gasteiger partial charge < -0.3 is 0 Å². The van der Waals surface area contributed by atoms with Crippen LogP contribution in [0.4, 0.5) is 0 Å². The van der Waals surface area contributed by atoms with Crippen molar-refractivity contribution in [3.05, 3.63) is 42.0 Å². The molecule has 0 amide bonds. The van der Waals surface area contributed by atoms with E-state index in [2.05, 4.69) is 10.2 Å². The van der Waals surface area contributed by atoms with Crippen molar-refractivity contribution < 1.29 is 0 Å². The molecule has 1 aromatic heterocycles. The van der Waals surface area contributed by atoms with Crippen molar-refractivity contribution in [1.29, 1.82) is 5.26 Å². The first-order valence-corrected chi connectivity index (χ1v) is 4.20. The third-order valence-electron chi connectivity index (χ3n) is 1.94. The van der Waals surface area contributed by atoms with E-state index in [-0.39, 0.29) is 0 Å². The van der Waals surface area contributed by atoms with Crippen LogP contribution in [0.15, 0.2) is 30.3 Å². The smallest absolute Gasteiger partial charge is 0.239 e. The summed E-state index contributed by atoms with van der Waals surface area (Å²) in [7, 11) is 0. The largest absolute Gasteiger partial charge is 0.271 e. The Morgan fingerprint density at radius 3 is 2.57 bits per heavy atom. The van der Waals surface area contributed by atoms with Crippen molar-refractivity contribution in [2.75, 3.05) is 0 Å². The van der Waals surface area contributed by atoms with E-state index in [0.717, 1.165) is 5.69 Å². The Morgan fingerprint density at radius 2 is 1.93 bits per heavy atom. The third kappa shape index (κ3) is 1.25. The second-order valence-corrected chi connectivity index (χ2v) is 2.85. The molecule has 0 aliphatic carbocycles. The topological polar surface area (TPSA) is 54.5 Å². The van der Waals surface area contributed by atoms with E-state index in [0.29, 0.717) is 11.6 Å². The highest BCUT2D eigenvalue weighted by Gasteiger charge is 2.08. The van der Waals surface area contributed by atoms with E-state index in [1.165, 1.54) is 0 Å². The van der Waals surface area contributed by atoms with Crippen LogP contribution in [-0.4, -0.2) is 14.8 Å². The Labute approximate surface area is 81.4 Å². The Bertz CT molecular complexity index is 479. The molecule has 0 atom stereocenters. The molecule has 0 fully saturated rings. The van der Waals surface area contributed by atoms with Gasteiger partial charge in [0.25, 0.3) is 0 Å². The summed E-state index contributed by atoms with van der Waals surface area (Å²) in [6.07, 6.45) is 0. The number of hydrogen-bond donors (Lipinski definition) is 0. The maximum atomic E-state index is 8.82. The highest BCUT2D eigenvalue weighted by molar-refractivity contribution is 5.36. The van der Waals surface area contributed by atoms with Crippen LogP contribution in [0.25, 0.3) is 5.69 Å². The van der Waals surface area contributed by atoms with E-state index in [1.807, 2.05) is 43.3 Å². The quantitative estimate of drug-likeness (QED) is 0.674. The SMILES string of the molecule is Cc1nnc(C#N)n1-c1ccccc1. The molecular formula is C10H8N4. The van der Waals surface area contributed by atoms with Gasteiger partial charge in [-0.15, -0.1) is 10.2 Å². The van der Waals surface area contributed by atoms with Crippen molar-refractivity contribution in [3.63, 3.8) is 0 Å². The van der Waals surface area contributed by atoms with Crippen molar-refractivity contribution in [2.24, 2.45) is 0 Å². The number of aromatic nitrogens is 3. The molecule has 1 heterocycles. The van der Waals surface area contributed by atoms with Gasteiger partial charge in [-0.2, -0.15) is 5.26 Å². The summed E-state index contributed by atoms with van der Waals surface area (Å²) < 4.78 is 1.72. The lowest BCUT2D eigenvalue weighted by molar-refractivity contribution is 0.960. The zero-order valence-corrected chi connectivity index (χ0v) is 7.68. The third-order valence-corrected chi connectivity index (χ3v) is 1.94. The minimum atomic E-state index is 0.314. The monoisotopic (exact) mass is 184 g/mol. The van der Waals surface area contributed by atoms with Gasteiger partial charge in [-0.3, -0.25) is 4.57 Å². The molecule has 0 spiro atoms.